The first kappa shape index (κ1) is 21.6. The average Bonchev–Trinajstić information content (AvgIpc) is 2.76. The molecular weight excluding hydrogens is 390 g/mol. The van der Waals surface area contributed by atoms with Crippen LogP contribution < -0.4 is 14.4 Å². The first-order valence-electron chi connectivity index (χ1n) is 9.85. The van der Waals surface area contributed by atoms with E-state index in [1.807, 2.05) is 59.5 Å². The number of esters is 2. The van der Waals surface area contributed by atoms with Gasteiger partial charge in [0.15, 0.2) is 0 Å². The van der Waals surface area contributed by atoms with Crippen molar-refractivity contribution in [2.45, 2.75) is 13.8 Å². The second kappa shape index (κ2) is 10.6. The van der Waals surface area contributed by atoms with Crippen molar-refractivity contribution in [2.24, 2.45) is 0 Å². The zero-order chi connectivity index (χ0) is 22.1. The summed E-state index contributed by atoms with van der Waals surface area (Å²) >= 11 is 0. The number of anilines is 3. The molecule has 0 fully saturated rings. The molecule has 3 rings (SSSR count). The summed E-state index contributed by atoms with van der Waals surface area (Å²) in [4.78, 5) is 25.7. The van der Waals surface area contributed by atoms with Crippen LogP contribution in [0.2, 0.25) is 0 Å². The summed E-state index contributed by atoms with van der Waals surface area (Å²) in [6.45, 7) is 3.51. The highest BCUT2D eigenvalue weighted by molar-refractivity contribution is 5.85. The lowest BCUT2D eigenvalue weighted by atomic mass is 10.2. The lowest BCUT2D eigenvalue weighted by Gasteiger charge is -2.26. The van der Waals surface area contributed by atoms with Gasteiger partial charge in [-0.3, -0.25) is 0 Å². The van der Waals surface area contributed by atoms with Crippen LogP contribution in [-0.4, -0.2) is 11.9 Å². The van der Waals surface area contributed by atoms with E-state index in [9.17, 15) is 9.59 Å². The molecule has 0 amide bonds. The summed E-state index contributed by atoms with van der Waals surface area (Å²) < 4.78 is 10.8. The molecule has 0 heterocycles. The van der Waals surface area contributed by atoms with Crippen LogP contribution in [0.25, 0.3) is 0 Å². The molecule has 0 N–H and O–H groups in total. The van der Waals surface area contributed by atoms with E-state index in [-0.39, 0.29) is 0 Å². The van der Waals surface area contributed by atoms with Crippen molar-refractivity contribution in [1.82, 2.24) is 0 Å². The molecule has 0 aliphatic heterocycles. The summed E-state index contributed by atoms with van der Waals surface area (Å²) in [7, 11) is 0. The van der Waals surface area contributed by atoms with Gasteiger partial charge in [-0.05, 0) is 50.2 Å². The van der Waals surface area contributed by atoms with Crippen molar-refractivity contribution < 1.29 is 19.1 Å². The molecule has 156 valence electrons. The van der Waals surface area contributed by atoms with Gasteiger partial charge in [0.25, 0.3) is 0 Å². The number of hydrogen-bond acceptors (Lipinski definition) is 5. The minimum absolute atomic E-state index is 0.428. The van der Waals surface area contributed by atoms with Crippen LogP contribution in [0.5, 0.6) is 11.5 Å². The number of benzene rings is 3. The van der Waals surface area contributed by atoms with Crippen LogP contribution in [0.4, 0.5) is 17.1 Å². The van der Waals surface area contributed by atoms with Gasteiger partial charge < -0.3 is 14.4 Å². The molecular formula is C26H23NO4. The number of carbonyl (C=O) groups excluding carboxylic acids is 2. The van der Waals surface area contributed by atoms with E-state index in [4.69, 9.17) is 9.47 Å². The van der Waals surface area contributed by atoms with Crippen LogP contribution in [0.15, 0.2) is 103 Å². The van der Waals surface area contributed by atoms with Crippen molar-refractivity contribution >= 4 is 29.0 Å². The first-order chi connectivity index (χ1) is 15.1. The number of rotatable bonds is 7. The maximum absolute atomic E-state index is 11.9. The van der Waals surface area contributed by atoms with Crippen molar-refractivity contribution in [3.05, 3.63) is 103 Å². The van der Waals surface area contributed by atoms with Gasteiger partial charge in [0.2, 0.25) is 0 Å². The van der Waals surface area contributed by atoms with Gasteiger partial charge in [0, 0.05) is 41.3 Å². The number of carbonyl (C=O) groups is 2. The SMILES string of the molecule is CC=CC(=O)Oc1cccc(N(c2ccccc2)c2cccc(OC(=O)C=CC)c2)c1. The van der Waals surface area contributed by atoms with Crippen LogP contribution >= 0.6 is 0 Å². The van der Waals surface area contributed by atoms with Gasteiger partial charge in [0.05, 0.1) is 0 Å². The van der Waals surface area contributed by atoms with E-state index < -0.39 is 11.9 Å². The Morgan fingerprint density at radius 2 is 1.10 bits per heavy atom. The maximum Gasteiger partial charge on any atom is 0.335 e. The first-order valence-corrected chi connectivity index (χ1v) is 9.85. The summed E-state index contributed by atoms with van der Waals surface area (Å²) in [6, 6.07) is 24.2. The van der Waals surface area contributed by atoms with Crippen LogP contribution in [0, 0.1) is 0 Å². The lowest BCUT2D eigenvalue weighted by molar-refractivity contribution is -0.129. The fourth-order valence-electron chi connectivity index (χ4n) is 2.97. The predicted octanol–water partition coefficient (Wildman–Crippen LogP) is 6.12. The van der Waals surface area contributed by atoms with Gasteiger partial charge in [-0.2, -0.15) is 0 Å². The molecule has 0 aromatic heterocycles. The second-order valence-electron chi connectivity index (χ2n) is 6.51. The Morgan fingerprint density at radius 1 is 0.645 bits per heavy atom. The highest BCUT2D eigenvalue weighted by atomic mass is 16.5. The van der Waals surface area contributed by atoms with E-state index in [2.05, 4.69) is 0 Å². The number of hydrogen-bond donors (Lipinski definition) is 0. The number of para-hydroxylation sites is 1. The Labute approximate surface area is 181 Å². The molecule has 5 nitrogen and oxygen atoms in total. The Kier molecular flexibility index (Phi) is 7.38. The standard InChI is InChI=1S/C26H23NO4/c1-3-10-25(28)30-23-16-8-14-21(18-23)27(20-12-6-5-7-13-20)22-15-9-17-24(19-22)31-26(29)11-4-2/h3-19H,1-2H3. The topological polar surface area (TPSA) is 55.8 Å². The van der Waals surface area contributed by atoms with E-state index in [0.717, 1.165) is 17.1 Å². The fourth-order valence-corrected chi connectivity index (χ4v) is 2.97. The Balaban J connectivity index is 2.01. The monoisotopic (exact) mass is 413 g/mol. The van der Waals surface area contributed by atoms with Crippen molar-refractivity contribution in [1.29, 1.82) is 0 Å². The van der Waals surface area contributed by atoms with Gasteiger partial charge in [-0.25, -0.2) is 9.59 Å². The van der Waals surface area contributed by atoms with E-state index in [1.54, 1.807) is 50.3 Å². The summed E-state index contributed by atoms with van der Waals surface area (Å²) in [5, 5.41) is 0. The second-order valence-corrected chi connectivity index (χ2v) is 6.51. The highest BCUT2D eigenvalue weighted by Gasteiger charge is 2.15. The number of allylic oxidation sites excluding steroid dienone is 2. The quantitative estimate of drug-likeness (QED) is 0.265. The van der Waals surface area contributed by atoms with Gasteiger partial charge in [0.1, 0.15) is 11.5 Å². The summed E-state index contributed by atoms with van der Waals surface area (Å²) in [5.41, 5.74) is 2.47. The maximum atomic E-state index is 11.9. The molecule has 3 aromatic rings. The molecule has 5 heteroatoms. The minimum Gasteiger partial charge on any atom is -0.423 e. The van der Waals surface area contributed by atoms with Crippen LogP contribution in [0.1, 0.15) is 13.8 Å². The molecule has 3 aromatic carbocycles. The Bertz CT molecular complexity index is 1030. The summed E-state index contributed by atoms with van der Waals surface area (Å²) in [6.07, 6.45) is 5.99. The zero-order valence-corrected chi connectivity index (χ0v) is 17.4. The van der Waals surface area contributed by atoms with E-state index in [0.29, 0.717) is 11.5 Å². The third-order valence-electron chi connectivity index (χ3n) is 4.21. The molecule has 0 saturated heterocycles. The molecule has 0 radical (unpaired) electrons. The normalized spacial score (nSPS) is 10.9. The molecule has 0 saturated carbocycles. The molecule has 0 spiro atoms. The zero-order valence-electron chi connectivity index (χ0n) is 17.4. The molecule has 31 heavy (non-hydrogen) atoms. The summed E-state index contributed by atoms with van der Waals surface area (Å²) in [5.74, 6) is -0.0259. The van der Waals surface area contributed by atoms with Crippen molar-refractivity contribution in [2.75, 3.05) is 4.90 Å². The van der Waals surface area contributed by atoms with Gasteiger partial charge >= 0.3 is 11.9 Å². The molecule has 0 bridgehead atoms. The average molecular weight is 413 g/mol. The minimum atomic E-state index is -0.441. The molecule has 0 aliphatic carbocycles. The number of nitrogens with zero attached hydrogens (tertiary/aromatic N) is 1. The predicted molar refractivity (Wildman–Crippen MR) is 122 cm³/mol. The molecule has 0 atom stereocenters. The van der Waals surface area contributed by atoms with E-state index >= 15 is 0 Å². The largest absolute Gasteiger partial charge is 0.423 e. The van der Waals surface area contributed by atoms with Crippen molar-refractivity contribution in [3.8, 4) is 11.5 Å². The lowest BCUT2D eigenvalue weighted by Crippen LogP contribution is -2.11. The highest BCUT2D eigenvalue weighted by Crippen LogP contribution is 2.37. The Hall–Kier alpha value is -4.12. The van der Waals surface area contributed by atoms with Crippen molar-refractivity contribution in [3.63, 3.8) is 0 Å². The third kappa shape index (κ3) is 5.93. The van der Waals surface area contributed by atoms with E-state index in [1.165, 1.54) is 12.2 Å². The van der Waals surface area contributed by atoms with Crippen LogP contribution in [-0.2, 0) is 9.59 Å². The van der Waals surface area contributed by atoms with Crippen LogP contribution in [0.3, 0.4) is 0 Å². The fraction of sp³-hybridized carbons (Fsp3) is 0.0769. The smallest absolute Gasteiger partial charge is 0.335 e. The molecule has 0 aliphatic rings. The Morgan fingerprint density at radius 3 is 1.55 bits per heavy atom. The van der Waals surface area contributed by atoms with Gasteiger partial charge in [-0.15, -0.1) is 0 Å². The molecule has 0 unspecified atom stereocenters. The number of ether oxygens (including phenoxy) is 2. The van der Waals surface area contributed by atoms with Gasteiger partial charge in [-0.1, -0.05) is 42.5 Å². The third-order valence-corrected chi connectivity index (χ3v) is 4.21.